The molecule has 4 fully saturated rings. The molecule has 4 aliphatic carbocycles. The summed E-state index contributed by atoms with van der Waals surface area (Å²) in [4.78, 5) is 13.5. The van der Waals surface area contributed by atoms with E-state index in [-0.39, 0.29) is 28.6 Å². The summed E-state index contributed by atoms with van der Waals surface area (Å²) in [5.41, 5.74) is 12.9. The molecule has 6 rings (SSSR count). The quantitative estimate of drug-likeness (QED) is 0.790. The highest BCUT2D eigenvalue weighted by atomic mass is 16.2. The van der Waals surface area contributed by atoms with Gasteiger partial charge in [0.15, 0.2) is 17.3 Å². The average molecular weight is 364 g/mol. The van der Waals surface area contributed by atoms with Crippen LogP contribution in [0.5, 0.6) is 0 Å². The highest BCUT2D eigenvalue weighted by molar-refractivity contribution is 5.91. The normalized spacial score (nSPS) is 31.6. The standard InChI is InChI=1S/C20H24N6O/c21-17-16(24-23-15-4-2-1-3-5-15)18(22)26(25-17)19(27)20-9-12-6-13(10-20)8-14(7-12)11-20/h1-5,12-14H,6-11,22H2,(H2,21,25). The maximum absolute atomic E-state index is 13.5. The van der Waals surface area contributed by atoms with Crippen molar-refractivity contribution in [2.45, 2.75) is 38.5 Å². The molecule has 0 aliphatic heterocycles. The first-order valence-corrected chi connectivity index (χ1v) is 9.70. The van der Waals surface area contributed by atoms with Gasteiger partial charge < -0.3 is 11.5 Å². The molecule has 0 amide bonds. The molecular weight excluding hydrogens is 340 g/mol. The number of anilines is 2. The van der Waals surface area contributed by atoms with Crippen molar-refractivity contribution < 1.29 is 4.79 Å². The third kappa shape index (κ3) is 2.64. The van der Waals surface area contributed by atoms with E-state index in [1.165, 1.54) is 23.9 Å². The Hall–Kier alpha value is -2.70. The van der Waals surface area contributed by atoms with Crippen molar-refractivity contribution in [3.63, 3.8) is 0 Å². The minimum Gasteiger partial charge on any atom is -0.382 e. The minimum absolute atomic E-state index is 0.00744. The van der Waals surface area contributed by atoms with E-state index in [1.807, 2.05) is 30.3 Å². The number of hydrogen-bond acceptors (Lipinski definition) is 6. The largest absolute Gasteiger partial charge is 0.382 e. The SMILES string of the molecule is Nc1nn(C(=O)C23CC4CC(CC(C4)C2)C3)c(N)c1N=Nc1ccccc1. The fourth-order valence-electron chi connectivity index (χ4n) is 5.90. The van der Waals surface area contributed by atoms with Crippen LogP contribution in [0, 0.1) is 23.2 Å². The van der Waals surface area contributed by atoms with E-state index in [1.54, 1.807) is 0 Å². The Morgan fingerprint density at radius 2 is 1.59 bits per heavy atom. The molecule has 27 heavy (non-hydrogen) atoms. The number of hydrogen-bond donors (Lipinski definition) is 2. The van der Waals surface area contributed by atoms with Crippen LogP contribution in [0.3, 0.4) is 0 Å². The van der Waals surface area contributed by atoms with Gasteiger partial charge in [-0.2, -0.15) is 9.80 Å². The van der Waals surface area contributed by atoms with Crippen LogP contribution in [-0.2, 0) is 0 Å². The van der Waals surface area contributed by atoms with Gasteiger partial charge in [0, 0.05) is 0 Å². The third-order valence-electron chi connectivity index (χ3n) is 6.63. The van der Waals surface area contributed by atoms with Gasteiger partial charge in [0.1, 0.15) is 0 Å². The Morgan fingerprint density at radius 3 is 2.19 bits per heavy atom. The molecule has 4 aliphatic rings. The van der Waals surface area contributed by atoms with Gasteiger partial charge in [0.25, 0.3) is 5.91 Å². The average Bonchev–Trinajstić information content (AvgIpc) is 2.93. The molecule has 2 aromatic rings. The van der Waals surface area contributed by atoms with Gasteiger partial charge >= 0.3 is 0 Å². The summed E-state index contributed by atoms with van der Waals surface area (Å²) in [6.45, 7) is 0. The molecule has 1 aromatic heterocycles. The second-order valence-corrected chi connectivity index (χ2v) is 8.57. The first-order chi connectivity index (χ1) is 13.0. The van der Waals surface area contributed by atoms with Gasteiger partial charge in [-0.25, -0.2) is 0 Å². The Balaban J connectivity index is 1.46. The molecule has 4 bridgehead atoms. The van der Waals surface area contributed by atoms with E-state index in [4.69, 9.17) is 11.5 Å². The highest BCUT2D eigenvalue weighted by Gasteiger charge is 2.55. The van der Waals surface area contributed by atoms with Gasteiger partial charge in [-0.15, -0.1) is 10.2 Å². The van der Waals surface area contributed by atoms with Crippen LogP contribution in [0.15, 0.2) is 40.6 Å². The lowest BCUT2D eigenvalue weighted by Crippen LogP contribution is -2.51. The van der Waals surface area contributed by atoms with Crippen molar-refractivity contribution in [2.24, 2.45) is 33.4 Å². The van der Waals surface area contributed by atoms with Gasteiger partial charge in [-0.1, -0.05) is 18.2 Å². The Kier molecular flexibility index (Phi) is 3.60. The number of benzene rings is 1. The van der Waals surface area contributed by atoms with Gasteiger partial charge in [0.05, 0.1) is 11.1 Å². The van der Waals surface area contributed by atoms with E-state index in [0.717, 1.165) is 19.3 Å². The second-order valence-electron chi connectivity index (χ2n) is 8.57. The summed E-state index contributed by atoms with van der Waals surface area (Å²) < 4.78 is 1.29. The van der Waals surface area contributed by atoms with Gasteiger partial charge in [-0.3, -0.25) is 4.79 Å². The molecule has 4 N–H and O–H groups in total. The van der Waals surface area contributed by atoms with Crippen molar-refractivity contribution in [1.82, 2.24) is 9.78 Å². The molecule has 0 spiro atoms. The second kappa shape index (κ2) is 5.90. The minimum atomic E-state index is -0.324. The van der Waals surface area contributed by atoms with Crippen LogP contribution in [0.4, 0.5) is 23.0 Å². The van der Waals surface area contributed by atoms with Crippen LogP contribution in [0.2, 0.25) is 0 Å². The number of nitrogens with two attached hydrogens (primary N) is 2. The molecule has 7 heteroatoms. The Labute approximate surface area is 157 Å². The molecular formula is C20H24N6O. The fraction of sp³-hybridized carbons (Fsp3) is 0.500. The van der Waals surface area contributed by atoms with Crippen molar-refractivity contribution in [3.05, 3.63) is 30.3 Å². The summed E-state index contributed by atoms with van der Waals surface area (Å²) >= 11 is 0. The maximum atomic E-state index is 13.5. The number of carbonyl (C=O) groups excluding carboxylic acids is 1. The van der Waals surface area contributed by atoms with Gasteiger partial charge in [0.2, 0.25) is 0 Å². The summed E-state index contributed by atoms with van der Waals surface area (Å²) in [5.74, 6) is 2.34. The monoisotopic (exact) mass is 364 g/mol. The summed E-state index contributed by atoms with van der Waals surface area (Å²) in [5, 5.41) is 12.6. The topological polar surface area (TPSA) is 112 Å². The molecule has 0 unspecified atom stereocenters. The molecule has 0 saturated heterocycles. The van der Waals surface area contributed by atoms with Gasteiger partial charge in [-0.05, 0) is 68.4 Å². The van der Waals surface area contributed by atoms with Crippen LogP contribution in [0.1, 0.15) is 43.3 Å². The number of nitrogen functional groups attached to an aromatic ring is 2. The molecule has 7 nitrogen and oxygen atoms in total. The first-order valence-electron chi connectivity index (χ1n) is 9.70. The van der Waals surface area contributed by atoms with E-state index in [0.29, 0.717) is 23.4 Å². The Morgan fingerprint density at radius 1 is 1.00 bits per heavy atom. The zero-order valence-electron chi connectivity index (χ0n) is 15.2. The number of rotatable bonds is 3. The zero-order chi connectivity index (χ0) is 18.6. The number of nitrogens with zero attached hydrogens (tertiary/aromatic N) is 4. The lowest BCUT2D eigenvalue weighted by atomic mass is 9.49. The molecule has 0 atom stereocenters. The zero-order valence-corrected chi connectivity index (χ0v) is 15.2. The smallest absolute Gasteiger partial charge is 0.255 e. The summed E-state index contributed by atoms with van der Waals surface area (Å²) in [6.07, 6.45) is 6.70. The van der Waals surface area contributed by atoms with Crippen molar-refractivity contribution in [3.8, 4) is 0 Å². The summed E-state index contributed by atoms with van der Waals surface area (Å²) in [6, 6.07) is 9.33. The molecule has 140 valence electrons. The number of azo groups is 1. The van der Waals surface area contributed by atoms with Crippen molar-refractivity contribution in [1.29, 1.82) is 0 Å². The highest BCUT2D eigenvalue weighted by Crippen LogP contribution is 2.60. The van der Waals surface area contributed by atoms with E-state index in [2.05, 4.69) is 15.3 Å². The first kappa shape index (κ1) is 16.5. The third-order valence-corrected chi connectivity index (χ3v) is 6.63. The van der Waals surface area contributed by atoms with E-state index in [9.17, 15) is 4.79 Å². The molecule has 4 saturated carbocycles. The van der Waals surface area contributed by atoms with Crippen molar-refractivity contribution in [2.75, 3.05) is 11.5 Å². The predicted octanol–water partition coefficient (Wildman–Crippen LogP) is 4.32. The number of carbonyl (C=O) groups is 1. The summed E-state index contributed by atoms with van der Waals surface area (Å²) in [7, 11) is 0. The van der Waals surface area contributed by atoms with Crippen LogP contribution >= 0.6 is 0 Å². The van der Waals surface area contributed by atoms with Crippen LogP contribution in [0.25, 0.3) is 0 Å². The van der Waals surface area contributed by atoms with Crippen LogP contribution < -0.4 is 11.5 Å². The predicted molar refractivity (Wildman–Crippen MR) is 103 cm³/mol. The fourth-order valence-corrected chi connectivity index (χ4v) is 5.90. The van der Waals surface area contributed by atoms with E-state index >= 15 is 0 Å². The van der Waals surface area contributed by atoms with E-state index < -0.39 is 0 Å². The molecule has 1 heterocycles. The molecule has 0 radical (unpaired) electrons. The molecule has 1 aromatic carbocycles. The maximum Gasteiger partial charge on any atom is 0.255 e. The Bertz CT molecular complexity index is 881. The lowest BCUT2D eigenvalue weighted by molar-refractivity contribution is -0.0407. The number of aromatic nitrogens is 2. The van der Waals surface area contributed by atoms with Crippen molar-refractivity contribution >= 4 is 28.9 Å². The van der Waals surface area contributed by atoms with Crippen LogP contribution in [-0.4, -0.2) is 15.7 Å². The lowest BCUT2D eigenvalue weighted by Gasteiger charge is -2.55.